The molecule has 0 saturated carbocycles. The molecule has 0 atom stereocenters. The molecule has 4 aromatic heterocycles. The summed E-state index contributed by atoms with van der Waals surface area (Å²) < 4.78 is 37.6. The lowest BCUT2D eigenvalue weighted by atomic mass is 10.1. The van der Waals surface area contributed by atoms with Crippen LogP contribution in [0, 0.1) is 0 Å². The maximum atomic E-state index is 12.5. The number of nitrogens with zero attached hydrogens (tertiary/aromatic N) is 3. The third-order valence-electron chi connectivity index (χ3n) is 4.39. The molecular weight excluding hydrogens is 427 g/mol. The Hall–Kier alpha value is -3.13. The zero-order valence-electron chi connectivity index (χ0n) is 17.0. The van der Waals surface area contributed by atoms with Crippen molar-refractivity contribution in [3.8, 4) is 0 Å². The lowest BCUT2D eigenvalue weighted by Gasteiger charge is -2.08. The first kappa shape index (κ1) is 22.6. The summed E-state index contributed by atoms with van der Waals surface area (Å²) in [4.78, 5) is 15.2. The van der Waals surface area contributed by atoms with Crippen molar-refractivity contribution in [2.45, 2.75) is 33.0 Å². The number of H-pyrrole nitrogens is 1. The van der Waals surface area contributed by atoms with Gasteiger partial charge in [0.15, 0.2) is 0 Å². The molecule has 0 aliphatic heterocycles. The Labute approximate surface area is 182 Å². The first-order valence-corrected chi connectivity index (χ1v) is 10.1. The van der Waals surface area contributed by atoms with E-state index in [-0.39, 0.29) is 0 Å². The van der Waals surface area contributed by atoms with Gasteiger partial charge in [-0.2, -0.15) is 13.2 Å². The minimum absolute atomic E-state index is 0.324. The van der Waals surface area contributed by atoms with E-state index >= 15 is 0 Å². The second-order valence-corrected chi connectivity index (χ2v) is 6.93. The van der Waals surface area contributed by atoms with E-state index < -0.39 is 11.9 Å². The van der Waals surface area contributed by atoms with E-state index in [2.05, 4.69) is 25.3 Å². The number of nitrogens with one attached hydrogen (secondary N) is 2. The van der Waals surface area contributed by atoms with Crippen LogP contribution in [0.4, 0.5) is 19.0 Å². The standard InChI is InChI=1S/C20H15ClF3N5.C2H6/c21-15-6-16-14(10-28-19(16)29-11-15)5-12-2-4-18(26-7-12)27-9-13-1-3-17(25-8-13)20(22,23)24;1-2/h1-4,6-8,10-11H,5,9H2,(H,26,27)(H,28,29);1-2H3. The molecular formula is C22H21ClF3N5. The second kappa shape index (κ2) is 9.78. The number of halogens is 4. The van der Waals surface area contributed by atoms with Gasteiger partial charge in [0.25, 0.3) is 0 Å². The summed E-state index contributed by atoms with van der Waals surface area (Å²) in [5.74, 6) is 0.622. The Kier molecular flexibility index (Phi) is 7.12. The van der Waals surface area contributed by atoms with Crippen LogP contribution in [0.15, 0.2) is 55.1 Å². The van der Waals surface area contributed by atoms with Crippen LogP contribution < -0.4 is 5.32 Å². The van der Waals surface area contributed by atoms with Gasteiger partial charge in [-0.05, 0) is 34.9 Å². The van der Waals surface area contributed by atoms with Crippen LogP contribution in [-0.4, -0.2) is 19.9 Å². The van der Waals surface area contributed by atoms with Gasteiger partial charge in [0.2, 0.25) is 0 Å². The molecule has 0 radical (unpaired) electrons. The molecule has 2 N–H and O–H groups in total. The highest BCUT2D eigenvalue weighted by molar-refractivity contribution is 6.31. The van der Waals surface area contributed by atoms with Crippen molar-refractivity contribution in [2.75, 3.05) is 5.32 Å². The fourth-order valence-corrected chi connectivity index (χ4v) is 3.08. The van der Waals surface area contributed by atoms with Crippen molar-refractivity contribution in [3.63, 3.8) is 0 Å². The predicted octanol–water partition coefficient (Wildman–Crippen LogP) is 6.25. The van der Waals surface area contributed by atoms with Crippen molar-refractivity contribution >= 4 is 28.5 Å². The summed E-state index contributed by atoms with van der Waals surface area (Å²) in [5.41, 5.74) is 2.58. The minimum atomic E-state index is -4.43. The summed E-state index contributed by atoms with van der Waals surface area (Å²) >= 11 is 6.03. The van der Waals surface area contributed by atoms with Crippen LogP contribution in [0.5, 0.6) is 0 Å². The van der Waals surface area contributed by atoms with Crippen LogP contribution in [0.2, 0.25) is 5.02 Å². The second-order valence-electron chi connectivity index (χ2n) is 6.50. The molecule has 0 unspecified atom stereocenters. The Morgan fingerprint density at radius 2 is 1.71 bits per heavy atom. The van der Waals surface area contributed by atoms with Gasteiger partial charge in [-0.3, -0.25) is 4.98 Å². The molecule has 31 heavy (non-hydrogen) atoms. The smallest absolute Gasteiger partial charge is 0.366 e. The molecule has 0 aliphatic rings. The van der Waals surface area contributed by atoms with E-state index in [1.807, 2.05) is 38.2 Å². The van der Waals surface area contributed by atoms with Gasteiger partial charge in [-0.1, -0.05) is 37.6 Å². The van der Waals surface area contributed by atoms with Gasteiger partial charge in [-0.15, -0.1) is 0 Å². The number of pyridine rings is 3. The molecule has 0 aromatic carbocycles. The van der Waals surface area contributed by atoms with E-state index in [9.17, 15) is 13.2 Å². The molecule has 0 spiro atoms. The maximum absolute atomic E-state index is 12.5. The van der Waals surface area contributed by atoms with Crippen LogP contribution in [0.1, 0.15) is 36.2 Å². The topological polar surface area (TPSA) is 66.5 Å². The molecule has 162 valence electrons. The minimum Gasteiger partial charge on any atom is -0.366 e. The van der Waals surface area contributed by atoms with Crippen molar-refractivity contribution in [3.05, 3.63) is 82.5 Å². The maximum Gasteiger partial charge on any atom is 0.433 e. The summed E-state index contributed by atoms with van der Waals surface area (Å²) in [6.45, 7) is 4.32. The summed E-state index contributed by atoms with van der Waals surface area (Å²) in [6.07, 6.45) is 2.69. The lowest BCUT2D eigenvalue weighted by molar-refractivity contribution is -0.141. The molecule has 0 fully saturated rings. The number of aromatic amines is 1. The molecule has 4 aromatic rings. The first-order chi connectivity index (χ1) is 14.9. The average Bonchev–Trinajstić information content (AvgIpc) is 3.16. The SMILES string of the molecule is CC.FC(F)(F)c1ccc(CNc2ccc(Cc3c[nH]c4ncc(Cl)cc34)cn2)cn1. The number of fused-ring (bicyclic) bond motifs is 1. The molecule has 0 amide bonds. The third-order valence-corrected chi connectivity index (χ3v) is 4.60. The molecule has 9 heteroatoms. The fraction of sp³-hybridized carbons (Fsp3) is 0.227. The zero-order valence-corrected chi connectivity index (χ0v) is 17.7. The lowest BCUT2D eigenvalue weighted by Crippen LogP contribution is -2.08. The number of anilines is 1. The van der Waals surface area contributed by atoms with Gasteiger partial charge >= 0.3 is 6.18 Å². The quantitative estimate of drug-likeness (QED) is 0.379. The summed E-state index contributed by atoms with van der Waals surface area (Å²) in [6, 6.07) is 8.00. The van der Waals surface area contributed by atoms with Crippen LogP contribution in [-0.2, 0) is 19.1 Å². The third kappa shape index (κ3) is 5.73. The van der Waals surface area contributed by atoms with Gasteiger partial charge < -0.3 is 10.3 Å². The average molecular weight is 448 g/mol. The highest BCUT2D eigenvalue weighted by Crippen LogP contribution is 2.27. The Balaban J connectivity index is 0.00000132. The van der Waals surface area contributed by atoms with Crippen molar-refractivity contribution in [2.24, 2.45) is 0 Å². The molecule has 4 heterocycles. The molecule has 4 rings (SSSR count). The monoisotopic (exact) mass is 447 g/mol. The Morgan fingerprint density at radius 3 is 2.35 bits per heavy atom. The first-order valence-electron chi connectivity index (χ1n) is 9.71. The van der Waals surface area contributed by atoms with E-state index in [4.69, 9.17) is 11.6 Å². The summed E-state index contributed by atoms with van der Waals surface area (Å²) in [7, 11) is 0. The number of aromatic nitrogens is 4. The highest BCUT2D eigenvalue weighted by atomic mass is 35.5. The normalized spacial score (nSPS) is 11.2. The number of hydrogen-bond acceptors (Lipinski definition) is 4. The highest BCUT2D eigenvalue weighted by Gasteiger charge is 2.31. The van der Waals surface area contributed by atoms with Crippen molar-refractivity contribution in [1.82, 2.24) is 19.9 Å². The van der Waals surface area contributed by atoms with Gasteiger partial charge in [-0.25, -0.2) is 9.97 Å². The Bertz CT molecular complexity index is 1120. The number of rotatable bonds is 5. The number of hydrogen-bond donors (Lipinski definition) is 2. The predicted molar refractivity (Wildman–Crippen MR) is 116 cm³/mol. The van der Waals surface area contributed by atoms with Crippen LogP contribution in [0.25, 0.3) is 11.0 Å². The van der Waals surface area contributed by atoms with E-state index in [0.29, 0.717) is 29.4 Å². The molecule has 0 aliphatic carbocycles. The fourth-order valence-electron chi connectivity index (χ4n) is 2.92. The van der Waals surface area contributed by atoms with E-state index in [0.717, 1.165) is 28.2 Å². The van der Waals surface area contributed by atoms with E-state index in [1.54, 1.807) is 12.4 Å². The van der Waals surface area contributed by atoms with Crippen molar-refractivity contribution in [1.29, 1.82) is 0 Å². The largest absolute Gasteiger partial charge is 0.433 e. The van der Waals surface area contributed by atoms with E-state index in [1.165, 1.54) is 12.3 Å². The molecule has 5 nitrogen and oxygen atoms in total. The van der Waals surface area contributed by atoms with Gasteiger partial charge in [0.1, 0.15) is 17.2 Å². The van der Waals surface area contributed by atoms with Crippen LogP contribution >= 0.6 is 11.6 Å². The van der Waals surface area contributed by atoms with Gasteiger partial charge in [0, 0.05) is 43.1 Å². The molecule has 0 saturated heterocycles. The Morgan fingerprint density at radius 1 is 0.968 bits per heavy atom. The zero-order chi connectivity index (χ0) is 22.4. The van der Waals surface area contributed by atoms with Crippen LogP contribution in [0.3, 0.4) is 0 Å². The number of alkyl halides is 3. The van der Waals surface area contributed by atoms with Crippen molar-refractivity contribution < 1.29 is 13.2 Å². The van der Waals surface area contributed by atoms with Gasteiger partial charge in [0.05, 0.1) is 5.02 Å². The summed E-state index contributed by atoms with van der Waals surface area (Å²) in [5, 5.41) is 4.62. The molecule has 0 bridgehead atoms.